The highest BCUT2D eigenvalue weighted by Gasteiger charge is 2.39. The number of nitrogens with one attached hydrogen (secondary N) is 1. The molecule has 28 heavy (non-hydrogen) atoms. The lowest BCUT2D eigenvalue weighted by molar-refractivity contribution is -0.0354. The van der Waals surface area contributed by atoms with Gasteiger partial charge in [0.15, 0.2) is 5.96 Å². The van der Waals surface area contributed by atoms with Crippen molar-refractivity contribution in [2.75, 3.05) is 53.0 Å². The van der Waals surface area contributed by atoms with E-state index >= 15 is 0 Å². The van der Waals surface area contributed by atoms with Crippen molar-refractivity contribution in [3.05, 3.63) is 18.0 Å². The molecule has 1 atom stereocenters. The second-order valence-corrected chi connectivity index (χ2v) is 8.66. The predicted molar refractivity (Wildman–Crippen MR) is 112 cm³/mol. The number of aromatic nitrogens is 2. The molecule has 1 aromatic heterocycles. The van der Waals surface area contributed by atoms with Crippen molar-refractivity contribution in [1.29, 1.82) is 0 Å². The minimum atomic E-state index is 0.264. The average Bonchev–Trinajstić information content (AvgIpc) is 3.39. The molecule has 7 nitrogen and oxygen atoms in total. The van der Waals surface area contributed by atoms with E-state index in [1.807, 2.05) is 25.0 Å². The molecule has 156 valence electrons. The Morgan fingerprint density at radius 2 is 2.04 bits per heavy atom. The summed E-state index contributed by atoms with van der Waals surface area (Å²) in [6.07, 6.45) is 12.0. The number of hydrogen-bond acceptors (Lipinski definition) is 4. The number of nitrogens with zero attached hydrogens (tertiary/aromatic N) is 5. The van der Waals surface area contributed by atoms with Gasteiger partial charge >= 0.3 is 0 Å². The van der Waals surface area contributed by atoms with Crippen LogP contribution in [0.3, 0.4) is 0 Å². The van der Waals surface area contributed by atoms with Crippen molar-refractivity contribution < 1.29 is 4.74 Å². The number of likely N-dealkylation sites (tertiary alicyclic amines) is 1. The number of aliphatic imine (C=N–C) groups is 1. The Morgan fingerprint density at radius 1 is 1.25 bits per heavy atom. The van der Waals surface area contributed by atoms with Crippen LogP contribution in [0.5, 0.6) is 0 Å². The minimum Gasteiger partial charge on any atom is -0.379 e. The van der Waals surface area contributed by atoms with E-state index in [9.17, 15) is 0 Å². The topological polar surface area (TPSA) is 57.9 Å². The quantitative estimate of drug-likeness (QED) is 0.630. The average molecular weight is 389 g/mol. The fraction of sp³-hybridized carbons (Fsp3) is 0.810. The first kappa shape index (κ1) is 19.7. The SMILES string of the molecule is CN=C(NCC1(N2CCOCC2)CCCCC1)N1CCC(c2cnn(C)c2)C1. The molecule has 7 heteroatoms. The molecule has 1 aromatic rings. The van der Waals surface area contributed by atoms with Crippen LogP contribution < -0.4 is 5.32 Å². The van der Waals surface area contributed by atoms with Gasteiger partial charge in [-0.15, -0.1) is 0 Å². The van der Waals surface area contributed by atoms with Gasteiger partial charge < -0.3 is 15.0 Å². The van der Waals surface area contributed by atoms with Gasteiger partial charge in [-0.2, -0.15) is 5.10 Å². The van der Waals surface area contributed by atoms with Crippen molar-refractivity contribution in [2.24, 2.45) is 12.0 Å². The molecule has 2 aliphatic heterocycles. The van der Waals surface area contributed by atoms with E-state index in [2.05, 4.69) is 31.4 Å². The smallest absolute Gasteiger partial charge is 0.193 e. The second-order valence-electron chi connectivity index (χ2n) is 8.66. The Hall–Kier alpha value is -1.60. The number of morpholine rings is 1. The van der Waals surface area contributed by atoms with Crippen LogP contribution in [0.1, 0.15) is 50.0 Å². The molecule has 1 N–H and O–H groups in total. The van der Waals surface area contributed by atoms with Crippen LogP contribution in [0.2, 0.25) is 0 Å². The summed E-state index contributed by atoms with van der Waals surface area (Å²) in [6, 6.07) is 0. The predicted octanol–water partition coefficient (Wildman–Crippen LogP) is 1.82. The van der Waals surface area contributed by atoms with Gasteiger partial charge in [-0.05, 0) is 24.8 Å². The summed E-state index contributed by atoms with van der Waals surface area (Å²) in [7, 11) is 3.91. The molecular formula is C21H36N6O. The lowest BCUT2D eigenvalue weighted by Crippen LogP contribution is -2.60. The zero-order valence-electron chi connectivity index (χ0n) is 17.6. The summed E-state index contributed by atoms with van der Waals surface area (Å²) in [6.45, 7) is 6.94. The molecule has 0 amide bonds. The first-order chi connectivity index (χ1) is 13.7. The van der Waals surface area contributed by atoms with Crippen molar-refractivity contribution in [3.8, 4) is 0 Å². The van der Waals surface area contributed by atoms with Crippen molar-refractivity contribution >= 4 is 5.96 Å². The Balaban J connectivity index is 1.38. The van der Waals surface area contributed by atoms with E-state index < -0.39 is 0 Å². The summed E-state index contributed by atoms with van der Waals surface area (Å²) in [4.78, 5) is 9.75. The first-order valence-electron chi connectivity index (χ1n) is 11.0. The van der Waals surface area contributed by atoms with Crippen molar-refractivity contribution in [2.45, 2.75) is 50.0 Å². The zero-order valence-corrected chi connectivity index (χ0v) is 17.6. The number of hydrogen-bond donors (Lipinski definition) is 1. The van der Waals surface area contributed by atoms with Gasteiger partial charge in [0.25, 0.3) is 0 Å². The molecule has 2 saturated heterocycles. The van der Waals surface area contributed by atoms with Gasteiger partial charge in [-0.1, -0.05) is 19.3 Å². The van der Waals surface area contributed by atoms with Gasteiger partial charge in [0.05, 0.1) is 19.4 Å². The summed E-state index contributed by atoms with van der Waals surface area (Å²) in [5.74, 6) is 1.61. The number of aryl methyl sites for hydroxylation is 1. The molecule has 0 radical (unpaired) electrons. The van der Waals surface area contributed by atoms with Gasteiger partial charge in [0.2, 0.25) is 0 Å². The first-order valence-corrected chi connectivity index (χ1v) is 11.0. The third kappa shape index (κ3) is 4.20. The molecule has 1 saturated carbocycles. The highest BCUT2D eigenvalue weighted by Crippen LogP contribution is 2.34. The summed E-state index contributed by atoms with van der Waals surface area (Å²) in [5, 5.41) is 8.12. The fourth-order valence-electron chi connectivity index (χ4n) is 5.30. The molecule has 0 bridgehead atoms. The second kappa shape index (κ2) is 8.82. The molecule has 4 rings (SSSR count). The molecule has 3 fully saturated rings. The van der Waals surface area contributed by atoms with Gasteiger partial charge in [0.1, 0.15) is 0 Å². The Kier molecular flexibility index (Phi) is 6.21. The number of ether oxygens (including phenoxy) is 1. The maximum Gasteiger partial charge on any atom is 0.193 e. The highest BCUT2D eigenvalue weighted by molar-refractivity contribution is 5.80. The van der Waals surface area contributed by atoms with E-state index in [0.717, 1.165) is 51.9 Å². The van der Waals surface area contributed by atoms with E-state index in [1.54, 1.807) is 0 Å². The highest BCUT2D eigenvalue weighted by atomic mass is 16.5. The summed E-state index contributed by atoms with van der Waals surface area (Å²) >= 11 is 0. The third-order valence-corrected chi connectivity index (χ3v) is 6.94. The molecule has 1 aliphatic carbocycles. The normalized spacial score (nSPS) is 26.6. The summed E-state index contributed by atoms with van der Waals surface area (Å²) < 4.78 is 7.52. The Labute approximate surface area is 169 Å². The van der Waals surface area contributed by atoms with Gasteiger partial charge in [0, 0.05) is 64.5 Å². The van der Waals surface area contributed by atoms with Crippen LogP contribution in [0.25, 0.3) is 0 Å². The van der Waals surface area contributed by atoms with E-state index in [-0.39, 0.29) is 5.54 Å². The molecule has 3 aliphatic rings. The van der Waals surface area contributed by atoms with Gasteiger partial charge in [-0.25, -0.2) is 0 Å². The molecule has 1 unspecified atom stereocenters. The van der Waals surface area contributed by atoms with Crippen LogP contribution in [0, 0.1) is 0 Å². The van der Waals surface area contributed by atoms with Crippen molar-refractivity contribution in [1.82, 2.24) is 24.9 Å². The third-order valence-electron chi connectivity index (χ3n) is 6.94. The molecule has 3 heterocycles. The molecular weight excluding hydrogens is 352 g/mol. The van der Waals surface area contributed by atoms with Crippen LogP contribution in [0.4, 0.5) is 0 Å². The van der Waals surface area contributed by atoms with E-state index in [4.69, 9.17) is 4.74 Å². The lowest BCUT2D eigenvalue weighted by Gasteiger charge is -2.48. The van der Waals surface area contributed by atoms with Crippen LogP contribution in [0.15, 0.2) is 17.4 Å². The standard InChI is InChI=1S/C21H36N6O/c1-22-20(26-9-6-18(16-26)19-14-24-25(2)15-19)23-17-21(7-4-3-5-8-21)27-10-12-28-13-11-27/h14-15,18H,3-13,16-17H2,1-2H3,(H,22,23). The van der Waals surface area contributed by atoms with E-state index in [1.165, 1.54) is 44.1 Å². The van der Waals surface area contributed by atoms with Crippen LogP contribution >= 0.6 is 0 Å². The number of rotatable bonds is 4. The van der Waals surface area contributed by atoms with Crippen LogP contribution in [-0.4, -0.2) is 84.1 Å². The zero-order chi connectivity index (χ0) is 19.4. The maximum absolute atomic E-state index is 5.62. The van der Waals surface area contributed by atoms with Gasteiger partial charge in [-0.3, -0.25) is 14.6 Å². The fourth-order valence-corrected chi connectivity index (χ4v) is 5.30. The lowest BCUT2D eigenvalue weighted by atomic mass is 9.80. The van der Waals surface area contributed by atoms with Crippen molar-refractivity contribution in [3.63, 3.8) is 0 Å². The Bertz CT molecular complexity index is 660. The molecule has 0 aromatic carbocycles. The largest absolute Gasteiger partial charge is 0.379 e. The summed E-state index contributed by atoms with van der Waals surface area (Å²) in [5.41, 5.74) is 1.61. The van der Waals surface area contributed by atoms with Crippen LogP contribution in [-0.2, 0) is 11.8 Å². The minimum absolute atomic E-state index is 0.264. The maximum atomic E-state index is 5.62. The number of guanidine groups is 1. The van der Waals surface area contributed by atoms with E-state index in [0.29, 0.717) is 5.92 Å². The Morgan fingerprint density at radius 3 is 2.71 bits per heavy atom. The monoisotopic (exact) mass is 388 g/mol. The molecule has 0 spiro atoms.